The molecule has 1 rings (SSSR count). The van der Waals surface area contributed by atoms with Crippen LogP contribution in [0.5, 0.6) is 5.75 Å². The van der Waals surface area contributed by atoms with Crippen molar-refractivity contribution in [2.75, 3.05) is 19.0 Å². The molecular weight excluding hydrogens is 228 g/mol. The highest BCUT2D eigenvalue weighted by molar-refractivity contribution is 5.95. The first-order valence-electron chi connectivity index (χ1n) is 6.13. The van der Waals surface area contributed by atoms with Crippen LogP contribution in [0.25, 0.3) is 0 Å². The smallest absolute Gasteiger partial charge is 0.231 e. The van der Waals surface area contributed by atoms with E-state index in [-0.39, 0.29) is 5.91 Å². The Morgan fingerprint density at radius 1 is 1.44 bits per heavy atom. The van der Waals surface area contributed by atoms with E-state index >= 15 is 0 Å². The molecule has 0 radical (unpaired) electrons. The van der Waals surface area contributed by atoms with Gasteiger partial charge in [-0.3, -0.25) is 4.79 Å². The topological polar surface area (TPSA) is 64.4 Å². The number of nitrogens with one attached hydrogen (secondary N) is 1. The highest BCUT2D eigenvalue weighted by Gasteiger charge is 2.25. The number of ether oxygens (including phenoxy) is 1. The first-order chi connectivity index (χ1) is 8.44. The van der Waals surface area contributed by atoms with E-state index in [4.69, 9.17) is 10.5 Å². The van der Waals surface area contributed by atoms with E-state index in [0.717, 1.165) is 23.4 Å². The summed E-state index contributed by atoms with van der Waals surface area (Å²) in [7, 11) is 1.64. The fourth-order valence-electron chi connectivity index (χ4n) is 1.53. The van der Waals surface area contributed by atoms with Crippen LogP contribution in [-0.2, 0) is 11.2 Å². The van der Waals surface area contributed by atoms with E-state index in [1.165, 1.54) is 0 Å². The second-order valence-corrected chi connectivity index (χ2v) is 4.92. The summed E-state index contributed by atoms with van der Waals surface area (Å²) in [5, 5.41) is 2.88. The minimum atomic E-state index is -0.563. The molecule has 0 bridgehead atoms. The summed E-state index contributed by atoms with van der Waals surface area (Å²) in [6.07, 6.45) is 0.854. The summed E-state index contributed by atoms with van der Waals surface area (Å²) in [5.74, 6) is 0.769. The number of carbonyl (C=O) groups excluding carboxylic acids is 1. The third-order valence-electron chi connectivity index (χ3n) is 3.04. The van der Waals surface area contributed by atoms with Crippen molar-refractivity contribution in [3.63, 3.8) is 0 Å². The zero-order valence-electron chi connectivity index (χ0n) is 11.5. The molecule has 4 heteroatoms. The summed E-state index contributed by atoms with van der Waals surface area (Å²) < 4.78 is 5.25. The van der Waals surface area contributed by atoms with Crippen molar-refractivity contribution < 1.29 is 9.53 Å². The lowest BCUT2D eigenvalue weighted by Crippen LogP contribution is -2.37. The molecule has 3 N–H and O–H groups in total. The van der Waals surface area contributed by atoms with E-state index in [9.17, 15) is 4.79 Å². The van der Waals surface area contributed by atoms with Crippen molar-refractivity contribution in [2.24, 2.45) is 11.1 Å². The predicted molar refractivity (Wildman–Crippen MR) is 73.8 cm³/mol. The SMILES string of the molecule is CCc1cc(NC(=O)C(C)(C)CN)ccc1OC. The van der Waals surface area contributed by atoms with Gasteiger partial charge < -0.3 is 15.8 Å². The zero-order valence-corrected chi connectivity index (χ0v) is 11.5. The Kier molecular flexibility index (Phi) is 4.73. The fourth-order valence-corrected chi connectivity index (χ4v) is 1.53. The van der Waals surface area contributed by atoms with Crippen molar-refractivity contribution in [3.05, 3.63) is 23.8 Å². The van der Waals surface area contributed by atoms with Crippen molar-refractivity contribution >= 4 is 11.6 Å². The van der Waals surface area contributed by atoms with Gasteiger partial charge in [0, 0.05) is 12.2 Å². The van der Waals surface area contributed by atoms with E-state index in [1.54, 1.807) is 7.11 Å². The van der Waals surface area contributed by atoms with Crippen LogP contribution in [0.15, 0.2) is 18.2 Å². The zero-order chi connectivity index (χ0) is 13.8. The van der Waals surface area contributed by atoms with E-state index in [1.807, 2.05) is 39.0 Å². The minimum absolute atomic E-state index is 0.0720. The molecule has 0 atom stereocenters. The van der Waals surface area contributed by atoms with Crippen molar-refractivity contribution in [1.82, 2.24) is 0 Å². The first-order valence-corrected chi connectivity index (χ1v) is 6.13. The third-order valence-corrected chi connectivity index (χ3v) is 3.04. The van der Waals surface area contributed by atoms with Crippen LogP contribution in [0, 0.1) is 5.41 Å². The Hall–Kier alpha value is -1.55. The standard InChI is InChI=1S/C14H22N2O2/c1-5-10-8-11(6-7-12(10)18-4)16-13(17)14(2,3)9-15/h6-8H,5,9,15H2,1-4H3,(H,16,17). The molecule has 0 heterocycles. The van der Waals surface area contributed by atoms with E-state index in [0.29, 0.717) is 6.54 Å². The van der Waals surface area contributed by atoms with Crippen LogP contribution in [0.4, 0.5) is 5.69 Å². The number of benzene rings is 1. The Balaban J connectivity index is 2.89. The molecule has 0 aliphatic rings. The lowest BCUT2D eigenvalue weighted by atomic mass is 9.92. The molecule has 0 aromatic heterocycles. The summed E-state index contributed by atoms with van der Waals surface area (Å²) in [5.41, 5.74) is 6.87. The Labute approximate surface area is 109 Å². The van der Waals surface area contributed by atoms with Crippen LogP contribution >= 0.6 is 0 Å². The van der Waals surface area contributed by atoms with Crippen LogP contribution in [0.1, 0.15) is 26.3 Å². The molecule has 4 nitrogen and oxygen atoms in total. The maximum atomic E-state index is 12.0. The van der Waals surface area contributed by atoms with Gasteiger partial charge in [-0.05, 0) is 44.0 Å². The normalized spacial score (nSPS) is 11.2. The highest BCUT2D eigenvalue weighted by Crippen LogP contribution is 2.24. The van der Waals surface area contributed by atoms with Crippen LogP contribution < -0.4 is 15.8 Å². The Morgan fingerprint density at radius 3 is 2.61 bits per heavy atom. The molecular formula is C14H22N2O2. The molecule has 1 aromatic carbocycles. The highest BCUT2D eigenvalue weighted by atomic mass is 16.5. The number of hydrogen-bond donors (Lipinski definition) is 2. The van der Waals surface area contributed by atoms with Gasteiger partial charge in [0.1, 0.15) is 5.75 Å². The van der Waals surface area contributed by atoms with Gasteiger partial charge in [0.2, 0.25) is 5.91 Å². The fraction of sp³-hybridized carbons (Fsp3) is 0.500. The molecule has 0 saturated carbocycles. The van der Waals surface area contributed by atoms with Gasteiger partial charge in [-0.15, -0.1) is 0 Å². The summed E-state index contributed by atoms with van der Waals surface area (Å²) in [4.78, 5) is 12.0. The van der Waals surface area contributed by atoms with Gasteiger partial charge >= 0.3 is 0 Å². The molecule has 0 saturated heterocycles. The second kappa shape index (κ2) is 5.87. The van der Waals surface area contributed by atoms with Crippen molar-refractivity contribution in [3.8, 4) is 5.75 Å². The third kappa shape index (κ3) is 3.23. The van der Waals surface area contributed by atoms with Crippen LogP contribution in [0.2, 0.25) is 0 Å². The van der Waals surface area contributed by atoms with Gasteiger partial charge in [-0.2, -0.15) is 0 Å². The number of methoxy groups -OCH3 is 1. The molecule has 0 fully saturated rings. The second-order valence-electron chi connectivity index (χ2n) is 4.92. The number of rotatable bonds is 5. The summed E-state index contributed by atoms with van der Waals surface area (Å²) in [6.45, 7) is 6.02. The largest absolute Gasteiger partial charge is 0.496 e. The van der Waals surface area contributed by atoms with Gasteiger partial charge in [-0.25, -0.2) is 0 Å². The van der Waals surface area contributed by atoms with Gasteiger partial charge in [0.15, 0.2) is 0 Å². The van der Waals surface area contributed by atoms with Gasteiger partial charge in [-0.1, -0.05) is 6.92 Å². The van der Waals surface area contributed by atoms with Gasteiger partial charge in [0.05, 0.1) is 12.5 Å². The molecule has 0 spiro atoms. The van der Waals surface area contributed by atoms with Crippen LogP contribution in [0.3, 0.4) is 0 Å². The molecule has 1 aromatic rings. The van der Waals surface area contributed by atoms with Crippen molar-refractivity contribution in [1.29, 1.82) is 0 Å². The number of amides is 1. The summed E-state index contributed by atoms with van der Waals surface area (Å²) in [6, 6.07) is 5.63. The number of hydrogen-bond acceptors (Lipinski definition) is 3. The molecule has 100 valence electrons. The molecule has 18 heavy (non-hydrogen) atoms. The average Bonchev–Trinajstić information content (AvgIpc) is 2.38. The molecule has 1 amide bonds. The van der Waals surface area contributed by atoms with Crippen LogP contribution in [-0.4, -0.2) is 19.6 Å². The van der Waals surface area contributed by atoms with Crippen molar-refractivity contribution in [2.45, 2.75) is 27.2 Å². The van der Waals surface area contributed by atoms with Gasteiger partial charge in [0.25, 0.3) is 0 Å². The lowest BCUT2D eigenvalue weighted by Gasteiger charge is -2.21. The van der Waals surface area contributed by atoms with E-state index in [2.05, 4.69) is 5.32 Å². The number of aryl methyl sites for hydroxylation is 1. The molecule has 0 aliphatic carbocycles. The average molecular weight is 250 g/mol. The monoisotopic (exact) mass is 250 g/mol. The summed E-state index contributed by atoms with van der Waals surface area (Å²) >= 11 is 0. The Morgan fingerprint density at radius 2 is 2.11 bits per heavy atom. The Bertz CT molecular complexity index is 428. The first kappa shape index (κ1) is 14.5. The quantitative estimate of drug-likeness (QED) is 0.842. The minimum Gasteiger partial charge on any atom is -0.496 e. The molecule has 0 aliphatic heterocycles. The predicted octanol–water partition coefficient (Wildman–Crippen LogP) is 2.18. The number of anilines is 1. The lowest BCUT2D eigenvalue weighted by molar-refractivity contribution is -0.123. The maximum absolute atomic E-state index is 12.0. The molecule has 0 unspecified atom stereocenters. The maximum Gasteiger partial charge on any atom is 0.231 e. The van der Waals surface area contributed by atoms with E-state index < -0.39 is 5.41 Å². The number of carbonyl (C=O) groups is 1. The number of nitrogens with two attached hydrogens (primary N) is 1.